The summed E-state index contributed by atoms with van der Waals surface area (Å²) in [6, 6.07) is 16.5. The molecule has 244 valence electrons. The summed E-state index contributed by atoms with van der Waals surface area (Å²) >= 11 is 0. The van der Waals surface area contributed by atoms with Crippen LogP contribution in [-0.4, -0.2) is 54.9 Å². The van der Waals surface area contributed by atoms with E-state index in [0.717, 1.165) is 86.1 Å². The van der Waals surface area contributed by atoms with Gasteiger partial charge in [0.05, 0.1) is 24.0 Å². The van der Waals surface area contributed by atoms with E-state index >= 15 is 0 Å². The number of nitriles is 1. The average Bonchev–Trinajstić information content (AvgIpc) is 3.55. The van der Waals surface area contributed by atoms with Crippen LogP contribution in [0.1, 0.15) is 79.9 Å². The van der Waals surface area contributed by atoms with Crippen molar-refractivity contribution in [1.29, 1.82) is 5.26 Å². The van der Waals surface area contributed by atoms with E-state index in [1.165, 1.54) is 0 Å². The normalized spacial score (nSPS) is 20.4. The van der Waals surface area contributed by atoms with E-state index in [1.807, 2.05) is 68.1 Å². The molecule has 1 aliphatic carbocycles. The summed E-state index contributed by atoms with van der Waals surface area (Å²) in [4.78, 5) is 30.4. The van der Waals surface area contributed by atoms with Gasteiger partial charge >= 0.3 is 0 Å². The monoisotopic (exact) mass is 632 g/mol. The first-order chi connectivity index (χ1) is 23.0. The molecule has 0 radical (unpaired) electrons. The molecular formula is C37H44N8O2. The Labute approximate surface area is 276 Å². The van der Waals surface area contributed by atoms with Gasteiger partial charge in [-0.05, 0) is 74.8 Å². The fraction of sp³-hybridized carbons (Fsp3) is 0.459. The van der Waals surface area contributed by atoms with E-state index in [-0.39, 0.29) is 30.4 Å². The number of hydrogen-bond acceptors (Lipinski definition) is 8. The first-order valence-corrected chi connectivity index (χ1v) is 16.9. The van der Waals surface area contributed by atoms with Crippen LogP contribution < -0.4 is 10.2 Å². The Balaban J connectivity index is 1.15. The molecule has 1 aliphatic heterocycles. The van der Waals surface area contributed by atoms with Crippen molar-refractivity contribution in [3.05, 3.63) is 89.9 Å². The van der Waals surface area contributed by atoms with Gasteiger partial charge in [0.1, 0.15) is 17.5 Å². The Kier molecular flexibility index (Phi) is 10.5. The molecule has 2 atom stereocenters. The lowest BCUT2D eigenvalue weighted by Crippen LogP contribution is -2.41. The highest BCUT2D eigenvalue weighted by atomic mass is 16.3. The Bertz CT molecular complexity index is 1660. The van der Waals surface area contributed by atoms with Crippen molar-refractivity contribution in [1.82, 2.24) is 30.0 Å². The molecule has 0 spiro atoms. The number of nitrogens with zero attached hydrogens (tertiary/aromatic N) is 7. The van der Waals surface area contributed by atoms with Crippen molar-refractivity contribution in [3.63, 3.8) is 0 Å². The van der Waals surface area contributed by atoms with E-state index in [0.29, 0.717) is 30.3 Å². The molecule has 6 rings (SSSR count). The number of anilines is 1. The molecule has 3 aromatic heterocycles. The van der Waals surface area contributed by atoms with Crippen molar-refractivity contribution in [2.45, 2.75) is 76.3 Å². The van der Waals surface area contributed by atoms with Crippen molar-refractivity contribution >= 4 is 11.7 Å². The highest BCUT2D eigenvalue weighted by Crippen LogP contribution is 2.39. The third-order valence-corrected chi connectivity index (χ3v) is 9.87. The van der Waals surface area contributed by atoms with Crippen LogP contribution in [0.4, 0.5) is 5.82 Å². The van der Waals surface area contributed by atoms with Crippen molar-refractivity contribution < 1.29 is 9.90 Å². The number of rotatable bonds is 11. The van der Waals surface area contributed by atoms with Gasteiger partial charge in [-0.3, -0.25) is 14.5 Å². The smallest absolute Gasteiger partial charge is 0.229 e. The van der Waals surface area contributed by atoms with Gasteiger partial charge in [-0.15, -0.1) is 0 Å². The molecule has 1 aromatic carbocycles. The van der Waals surface area contributed by atoms with Gasteiger partial charge in [-0.1, -0.05) is 36.4 Å². The second-order valence-corrected chi connectivity index (χ2v) is 13.0. The summed E-state index contributed by atoms with van der Waals surface area (Å²) in [6.07, 6.45) is 15.7. The van der Waals surface area contributed by atoms with Crippen LogP contribution in [0.5, 0.6) is 0 Å². The van der Waals surface area contributed by atoms with E-state index in [2.05, 4.69) is 26.4 Å². The minimum atomic E-state index is -0.345. The number of benzene rings is 1. The van der Waals surface area contributed by atoms with Crippen molar-refractivity contribution in [2.75, 3.05) is 18.1 Å². The van der Waals surface area contributed by atoms with E-state index in [4.69, 9.17) is 9.97 Å². The number of pyridine rings is 1. The largest absolute Gasteiger partial charge is 0.396 e. The molecule has 2 unspecified atom stereocenters. The van der Waals surface area contributed by atoms with E-state index in [1.54, 1.807) is 10.9 Å². The third kappa shape index (κ3) is 7.86. The standard InChI is InChI=1S/C37H44N8O2/c1-44-25-31(24-42-44)29-14-15-33(39-22-29)35(37(47)41-21-27-7-3-2-4-8-27)28-12-10-26(11-13-28)19-34-40-23-30(20-38)36(43-34)45-17-6-5-9-32(45)16-18-46/h2-4,7-8,14-15,22-26,28,32,35,46H,5-6,9-13,16-19,21H2,1H3,(H,41,47)/t26-,28-,32?,35?. The van der Waals surface area contributed by atoms with Gasteiger partial charge in [0.2, 0.25) is 5.91 Å². The SMILES string of the molecule is Cn1cc(-c2ccc(C(C(=O)NCc3ccccc3)[C@H]3CC[C@H](Cc4ncc(C#N)c(N5CCCCC5CCO)n4)CC3)nc2)cn1. The molecule has 4 heterocycles. The maximum atomic E-state index is 13.8. The molecular weight excluding hydrogens is 588 g/mol. The van der Waals surface area contributed by atoms with Crippen molar-refractivity contribution in [3.8, 4) is 17.2 Å². The predicted molar refractivity (Wildman–Crippen MR) is 180 cm³/mol. The van der Waals surface area contributed by atoms with Gasteiger partial charge in [-0.25, -0.2) is 9.97 Å². The van der Waals surface area contributed by atoms with Crippen LogP contribution in [0.15, 0.2) is 67.3 Å². The van der Waals surface area contributed by atoms with E-state index < -0.39 is 0 Å². The van der Waals surface area contributed by atoms with Crippen LogP contribution in [0.25, 0.3) is 11.1 Å². The van der Waals surface area contributed by atoms with Crippen LogP contribution >= 0.6 is 0 Å². The number of carbonyl (C=O) groups excluding carboxylic acids is 1. The van der Waals surface area contributed by atoms with Crippen LogP contribution in [0, 0.1) is 23.2 Å². The molecule has 2 N–H and O–H groups in total. The zero-order valence-electron chi connectivity index (χ0n) is 27.1. The van der Waals surface area contributed by atoms with Gasteiger partial charge < -0.3 is 15.3 Å². The van der Waals surface area contributed by atoms with Crippen LogP contribution in [0.2, 0.25) is 0 Å². The molecule has 47 heavy (non-hydrogen) atoms. The fourth-order valence-corrected chi connectivity index (χ4v) is 7.33. The summed E-state index contributed by atoms with van der Waals surface area (Å²) in [5.41, 5.74) is 4.33. The molecule has 2 aliphatic rings. The lowest BCUT2D eigenvalue weighted by atomic mass is 9.73. The molecule has 1 saturated heterocycles. The number of piperidine rings is 1. The zero-order valence-corrected chi connectivity index (χ0v) is 27.1. The van der Waals surface area contributed by atoms with E-state index in [9.17, 15) is 15.2 Å². The molecule has 2 fully saturated rings. The first kappa shape index (κ1) is 32.3. The minimum absolute atomic E-state index is 0.0120. The third-order valence-electron chi connectivity index (χ3n) is 9.87. The van der Waals surface area contributed by atoms with Crippen molar-refractivity contribution in [2.24, 2.45) is 18.9 Å². The summed E-state index contributed by atoms with van der Waals surface area (Å²) in [7, 11) is 1.89. The lowest BCUT2D eigenvalue weighted by molar-refractivity contribution is -0.124. The zero-order chi connectivity index (χ0) is 32.6. The van der Waals surface area contributed by atoms with Gasteiger partial charge in [0, 0.05) is 62.7 Å². The molecule has 0 bridgehead atoms. The maximum Gasteiger partial charge on any atom is 0.229 e. The number of aryl methyl sites for hydroxylation is 1. The fourth-order valence-electron chi connectivity index (χ4n) is 7.33. The minimum Gasteiger partial charge on any atom is -0.396 e. The number of aliphatic hydroxyl groups excluding tert-OH is 1. The summed E-state index contributed by atoms with van der Waals surface area (Å²) in [5, 5.41) is 26.9. The second kappa shape index (κ2) is 15.3. The Hall–Kier alpha value is -4.62. The molecule has 10 heteroatoms. The summed E-state index contributed by atoms with van der Waals surface area (Å²) < 4.78 is 1.77. The maximum absolute atomic E-state index is 13.8. The number of aliphatic hydroxyl groups is 1. The highest BCUT2D eigenvalue weighted by Gasteiger charge is 2.35. The number of carbonyl (C=O) groups is 1. The molecule has 1 saturated carbocycles. The lowest BCUT2D eigenvalue weighted by Gasteiger charge is -2.37. The Morgan fingerprint density at radius 3 is 2.55 bits per heavy atom. The Morgan fingerprint density at radius 1 is 1.02 bits per heavy atom. The Morgan fingerprint density at radius 2 is 1.85 bits per heavy atom. The number of aromatic nitrogens is 5. The van der Waals surface area contributed by atoms with Gasteiger partial charge in [0.15, 0.2) is 5.82 Å². The predicted octanol–water partition coefficient (Wildman–Crippen LogP) is 5.33. The van der Waals surface area contributed by atoms with Crippen LogP contribution in [0.3, 0.4) is 0 Å². The summed E-state index contributed by atoms with van der Waals surface area (Å²) in [6.45, 7) is 1.44. The number of amides is 1. The average molecular weight is 633 g/mol. The highest BCUT2D eigenvalue weighted by molar-refractivity contribution is 5.83. The van der Waals surface area contributed by atoms with Gasteiger partial charge in [-0.2, -0.15) is 10.4 Å². The molecule has 1 amide bonds. The quantitative estimate of drug-likeness (QED) is 0.227. The number of hydrogen-bond donors (Lipinski definition) is 2. The second-order valence-electron chi connectivity index (χ2n) is 13.0. The molecule has 10 nitrogen and oxygen atoms in total. The van der Waals surface area contributed by atoms with Gasteiger partial charge in [0.25, 0.3) is 0 Å². The number of nitrogens with one attached hydrogen (secondary N) is 1. The van der Waals surface area contributed by atoms with Crippen LogP contribution in [-0.2, 0) is 24.8 Å². The first-order valence-electron chi connectivity index (χ1n) is 16.9. The topological polar surface area (TPSA) is 133 Å². The summed E-state index contributed by atoms with van der Waals surface area (Å²) in [5.74, 6) is 1.71. The molecule has 4 aromatic rings.